The normalized spacial score (nSPS) is 21.2. The average molecular weight is 403 g/mol. The summed E-state index contributed by atoms with van der Waals surface area (Å²) >= 11 is 0. The Morgan fingerprint density at radius 1 is 1.34 bits per heavy atom. The predicted molar refractivity (Wildman–Crippen MR) is 113 cm³/mol. The highest BCUT2D eigenvalue weighted by molar-refractivity contribution is 6.00. The molecular weight excluding hydrogens is 368 g/mol. The van der Waals surface area contributed by atoms with Crippen LogP contribution in [-0.2, 0) is 4.79 Å². The number of carbonyl (C=O) groups excluding carboxylic acids is 2. The fourth-order valence-corrected chi connectivity index (χ4v) is 4.25. The number of amides is 1. The van der Waals surface area contributed by atoms with E-state index in [9.17, 15) is 9.59 Å². The van der Waals surface area contributed by atoms with Crippen LogP contribution in [0.2, 0.25) is 0 Å². The van der Waals surface area contributed by atoms with Gasteiger partial charge in [0.05, 0.1) is 12.0 Å². The van der Waals surface area contributed by atoms with E-state index in [4.69, 9.17) is 9.47 Å². The number of nitrogens with one attached hydrogen (secondary N) is 1. The van der Waals surface area contributed by atoms with Crippen LogP contribution in [0, 0.1) is 0 Å². The second-order valence-corrected chi connectivity index (χ2v) is 8.71. The molecule has 1 amide bonds. The minimum atomic E-state index is -0.488. The molecule has 29 heavy (non-hydrogen) atoms. The topological polar surface area (TPSA) is 67.9 Å². The van der Waals surface area contributed by atoms with Crippen LogP contribution in [0.5, 0.6) is 11.5 Å². The molecule has 0 aliphatic carbocycles. The molecule has 1 N–H and O–H groups in total. The summed E-state index contributed by atoms with van der Waals surface area (Å²) in [5.41, 5.74) is 0.0340. The van der Waals surface area contributed by atoms with Crippen molar-refractivity contribution in [2.24, 2.45) is 0 Å². The Labute approximate surface area is 173 Å². The van der Waals surface area contributed by atoms with Gasteiger partial charge in [-0.05, 0) is 64.3 Å². The van der Waals surface area contributed by atoms with Gasteiger partial charge in [0.2, 0.25) is 0 Å². The number of hydrogen-bond donors (Lipinski definition) is 1. The Morgan fingerprint density at radius 2 is 2.17 bits per heavy atom. The second-order valence-electron chi connectivity index (χ2n) is 8.71. The number of piperidine rings is 1. The number of fused-ring (bicyclic) bond motifs is 1. The fraction of sp³-hybridized carbons (Fsp3) is 0.652. The van der Waals surface area contributed by atoms with Crippen molar-refractivity contribution < 1.29 is 19.1 Å². The summed E-state index contributed by atoms with van der Waals surface area (Å²) in [5.74, 6) is 0.979. The summed E-state index contributed by atoms with van der Waals surface area (Å²) in [5, 5.41) is 2.92. The van der Waals surface area contributed by atoms with Crippen LogP contribution in [0.15, 0.2) is 18.2 Å². The Morgan fingerprint density at radius 3 is 2.97 bits per heavy atom. The molecule has 2 heterocycles. The number of carbonyl (C=O) groups is 2. The summed E-state index contributed by atoms with van der Waals surface area (Å²) in [7, 11) is 0. The van der Waals surface area contributed by atoms with Gasteiger partial charge in [0.1, 0.15) is 17.1 Å². The van der Waals surface area contributed by atoms with Gasteiger partial charge in [0, 0.05) is 19.1 Å². The zero-order valence-corrected chi connectivity index (χ0v) is 18.0. The average Bonchev–Trinajstić information content (AvgIpc) is 2.69. The third-order valence-electron chi connectivity index (χ3n) is 5.76. The van der Waals surface area contributed by atoms with E-state index in [1.807, 2.05) is 13.8 Å². The molecule has 1 fully saturated rings. The molecule has 1 atom stereocenters. The van der Waals surface area contributed by atoms with Crippen LogP contribution in [0.4, 0.5) is 0 Å². The maximum atomic E-state index is 12.3. The lowest BCUT2D eigenvalue weighted by Crippen LogP contribution is -2.41. The van der Waals surface area contributed by atoms with E-state index in [2.05, 4.69) is 17.1 Å². The smallest absolute Gasteiger partial charge is 0.257 e. The fourth-order valence-electron chi connectivity index (χ4n) is 4.25. The third kappa shape index (κ3) is 5.95. The first-order valence-electron chi connectivity index (χ1n) is 10.9. The van der Waals surface area contributed by atoms with Crippen molar-refractivity contribution in [1.29, 1.82) is 0 Å². The van der Waals surface area contributed by atoms with E-state index >= 15 is 0 Å². The summed E-state index contributed by atoms with van der Waals surface area (Å²) in [4.78, 5) is 27.0. The molecule has 6 heteroatoms. The number of benzene rings is 1. The van der Waals surface area contributed by atoms with Gasteiger partial charge in [-0.15, -0.1) is 0 Å². The highest BCUT2D eigenvalue weighted by Gasteiger charge is 2.32. The SMILES string of the molecule is CC[C@@H]1CCCCN1CCCNC(=O)COc1ccc2c(c1)C(=O)CC(C)(C)O2. The van der Waals surface area contributed by atoms with Crippen LogP contribution in [0.1, 0.15) is 69.7 Å². The van der Waals surface area contributed by atoms with E-state index in [1.54, 1.807) is 18.2 Å². The number of rotatable bonds is 8. The highest BCUT2D eigenvalue weighted by Crippen LogP contribution is 2.35. The summed E-state index contributed by atoms with van der Waals surface area (Å²) < 4.78 is 11.4. The minimum absolute atomic E-state index is 0.0363. The largest absolute Gasteiger partial charge is 0.487 e. The zero-order valence-electron chi connectivity index (χ0n) is 18.0. The first kappa shape index (κ1) is 21.6. The maximum Gasteiger partial charge on any atom is 0.257 e. The van der Waals surface area contributed by atoms with Crippen LogP contribution in [0.25, 0.3) is 0 Å². The molecule has 0 unspecified atom stereocenters. The second kappa shape index (κ2) is 9.61. The molecule has 2 aliphatic rings. The van der Waals surface area contributed by atoms with Crippen molar-refractivity contribution in [3.8, 4) is 11.5 Å². The van der Waals surface area contributed by atoms with Crippen molar-refractivity contribution in [3.63, 3.8) is 0 Å². The molecular formula is C23H34N2O4. The van der Waals surface area contributed by atoms with Gasteiger partial charge in [-0.3, -0.25) is 9.59 Å². The summed E-state index contributed by atoms with van der Waals surface area (Å²) in [6, 6.07) is 5.84. The number of ether oxygens (including phenoxy) is 2. The molecule has 0 radical (unpaired) electrons. The van der Waals surface area contributed by atoms with Gasteiger partial charge in [-0.1, -0.05) is 13.3 Å². The number of nitrogens with zero attached hydrogens (tertiary/aromatic N) is 1. The van der Waals surface area contributed by atoms with Gasteiger partial charge in [-0.25, -0.2) is 0 Å². The van der Waals surface area contributed by atoms with E-state index in [0.29, 0.717) is 36.1 Å². The molecule has 6 nitrogen and oxygen atoms in total. The van der Waals surface area contributed by atoms with Crippen molar-refractivity contribution in [1.82, 2.24) is 10.2 Å². The summed E-state index contributed by atoms with van der Waals surface area (Å²) in [6.45, 7) is 8.85. The molecule has 1 aromatic rings. The standard InChI is InChI=1S/C23H34N2O4/c1-4-17-8-5-6-12-25(17)13-7-11-24-22(27)16-28-18-9-10-21-19(14-18)20(26)15-23(2,3)29-21/h9-10,14,17H,4-8,11-13,15-16H2,1-3H3,(H,24,27)/t17-/m1/s1. The molecule has 0 aromatic heterocycles. The van der Waals surface area contributed by atoms with Crippen molar-refractivity contribution in [2.75, 3.05) is 26.2 Å². The van der Waals surface area contributed by atoms with Gasteiger partial charge >= 0.3 is 0 Å². The molecule has 160 valence electrons. The van der Waals surface area contributed by atoms with Crippen LogP contribution >= 0.6 is 0 Å². The van der Waals surface area contributed by atoms with E-state index < -0.39 is 5.60 Å². The lowest BCUT2D eigenvalue weighted by Gasteiger charge is -2.35. The minimum Gasteiger partial charge on any atom is -0.487 e. The number of Topliss-reactive ketones (excluding diaryl/α,β-unsaturated/α-hetero) is 1. The van der Waals surface area contributed by atoms with E-state index in [1.165, 1.54) is 32.2 Å². The van der Waals surface area contributed by atoms with E-state index in [0.717, 1.165) is 13.0 Å². The molecule has 1 aromatic carbocycles. The molecule has 0 bridgehead atoms. The Balaban J connectivity index is 1.40. The monoisotopic (exact) mass is 402 g/mol. The quantitative estimate of drug-likeness (QED) is 0.673. The molecule has 2 aliphatic heterocycles. The molecule has 3 rings (SSSR count). The Hall–Kier alpha value is -2.08. The molecule has 0 saturated carbocycles. The van der Waals surface area contributed by atoms with Crippen molar-refractivity contribution >= 4 is 11.7 Å². The third-order valence-corrected chi connectivity index (χ3v) is 5.76. The van der Waals surface area contributed by atoms with Gasteiger partial charge in [0.15, 0.2) is 12.4 Å². The summed E-state index contributed by atoms with van der Waals surface area (Å²) in [6.07, 6.45) is 6.39. The lowest BCUT2D eigenvalue weighted by atomic mass is 9.93. The number of hydrogen-bond acceptors (Lipinski definition) is 5. The van der Waals surface area contributed by atoms with Gasteiger partial charge in [0.25, 0.3) is 5.91 Å². The van der Waals surface area contributed by atoms with E-state index in [-0.39, 0.29) is 18.3 Å². The maximum absolute atomic E-state index is 12.3. The highest BCUT2D eigenvalue weighted by atomic mass is 16.5. The van der Waals surface area contributed by atoms with Crippen molar-refractivity contribution in [3.05, 3.63) is 23.8 Å². The van der Waals surface area contributed by atoms with Gasteiger partial charge < -0.3 is 19.7 Å². The van der Waals surface area contributed by atoms with Crippen molar-refractivity contribution in [2.45, 2.75) is 70.9 Å². The first-order chi connectivity index (χ1) is 13.9. The van der Waals surface area contributed by atoms with Crippen LogP contribution < -0.4 is 14.8 Å². The number of likely N-dealkylation sites (tertiary alicyclic amines) is 1. The molecule has 1 saturated heterocycles. The molecule has 0 spiro atoms. The number of ketones is 1. The first-order valence-corrected chi connectivity index (χ1v) is 10.9. The Kier molecular flexibility index (Phi) is 7.17. The Bertz CT molecular complexity index is 732. The van der Waals surface area contributed by atoms with Gasteiger partial charge in [-0.2, -0.15) is 0 Å². The predicted octanol–water partition coefficient (Wildman–Crippen LogP) is 3.58. The lowest BCUT2D eigenvalue weighted by molar-refractivity contribution is -0.123. The van der Waals surface area contributed by atoms with Crippen LogP contribution in [0.3, 0.4) is 0 Å². The van der Waals surface area contributed by atoms with Crippen LogP contribution in [-0.4, -0.2) is 54.5 Å². The zero-order chi connectivity index (χ0) is 20.9.